The van der Waals surface area contributed by atoms with Crippen LogP contribution in [0.15, 0.2) is 30.3 Å². The standard InChI is InChI=1S/C15H21NO3/c17-15(19-14-9-4-5-10-14)16-11-6-12-18-13-7-2-1-3-8-13/h1-3,7-8,14H,4-6,9-12H2,(H,16,17). The second kappa shape index (κ2) is 7.67. The van der Waals surface area contributed by atoms with Crippen LogP contribution in [-0.4, -0.2) is 25.3 Å². The highest BCUT2D eigenvalue weighted by Crippen LogP contribution is 2.20. The molecule has 4 heteroatoms. The van der Waals surface area contributed by atoms with Crippen LogP contribution in [0.1, 0.15) is 32.1 Å². The number of ether oxygens (including phenoxy) is 2. The first-order valence-corrected chi connectivity index (χ1v) is 6.97. The third-order valence-corrected chi connectivity index (χ3v) is 3.18. The summed E-state index contributed by atoms with van der Waals surface area (Å²) in [7, 11) is 0. The fraction of sp³-hybridized carbons (Fsp3) is 0.533. The van der Waals surface area contributed by atoms with Crippen LogP contribution in [0.25, 0.3) is 0 Å². The van der Waals surface area contributed by atoms with Gasteiger partial charge in [0.05, 0.1) is 6.61 Å². The normalized spacial score (nSPS) is 15.2. The summed E-state index contributed by atoms with van der Waals surface area (Å²) >= 11 is 0. The van der Waals surface area contributed by atoms with Crippen molar-refractivity contribution in [2.24, 2.45) is 0 Å². The molecule has 4 nitrogen and oxygen atoms in total. The molecular formula is C15H21NO3. The summed E-state index contributed by atoms with van der Waals surface area (Å²) in [5, 5.41) is 2.75. The van der Waals surface area contributed by atoms with E-state index in [4.69, 9.17) is 9.47 Å². The van der Waals surface area contributed by atoms with Gasteiger partial charge in [-0.05, 0) is 44.2 Å². The summed E-state index contributed by atoms with van der Waals surface area (Å²) in [6.45, 7) is 1.17. The van der Waals surface area contributed by atoms with Crippen LogP contribution in [0.4, 0.5) is 4.79 Å². The molecule has 0 saturated heterocycles. The molecule has 0 aromatic heterocycles. The Kier molecular flexibility index (Phi) is 5.53. The number of amides is 1. The second-order valence-corrected chi connectivity index (χ2v) is 4.75. The number of para-hydroxylation sites is 1. The van der Waals surface area contributed by atoms with Crippen molar-refractivity contribution in [2.75, 3.05) is 13.2 Å². The Hall–Kier alpha value is -1.71. The zero-order valence-electron chi connectivity index (χ0n) is 11.1. The minimum absolute atomic E-state index is 0.126. The largest absolute Gasteiger partial charge is 0.494 e. The maximum Gasteiger partial charge on any atom is 0.407 e. The van der Waals surface area contributed by atoms with E-state index in [-0.39, 0.29) is 12.2 Å². The van der Waals surface area contributed by atoms with Crippen molar-refractivity contribution in [3.05, 3.63) is 30.3 Å². The van der Waals surface area contributed by atoms with Gasteiger partial charge >= 0.3 is 6.09 Å². The van der Waals surface area contributed by atoms with Crippen molar-refractivity contribution in [2.45, 2.75) is 38.2 Å². The van der Waals surface area contributed by atoms with E-state index in [1.807, 2.05) is 30.3 Å². The fourth-order valence-electron chi connectivity index (χ4n) is 2.17. The molecule has 1 aromatic rings. The van der Waals surface area contributed by atoms with E-state index < -0.39 is 0 Å². The summed E-state index contributed by atoms with van der Waals surface area (Å²) in [5.41, 5.74) is 0. The van der Waals surface area contributed by atoms with Crippen LogP contribution in [-0.2, 0) is 4.74 Å². The van der Waals surface area contributed by atoms with E-state index in [1.165, 1.54) is 12.8 Å². The quantitative estimate of drug-likeness (QED) is 0.802. The van der Waals surface area contributed by atoms with Gasteiger partial charge in [-0.15, -0.1) is 0 Å². The number of rotatable bonds is 6. The van der Waals surface area contributed by atoms with Gasteiger partial charge in [0.25, 0.3) is 0 Å². The molecule has 0 radical (unpaired) electrons. The Morgan fingerprint density at radius 2 is 1.95 bits per heavy atom. The molecule has 1 N–H and O–H groups in total. The number of benzene rings is 1. The fourth-order valence-corrected chi connectivity index (χ4v) is 2.17. The molecular weight excluding hydrogens is 242 g/mol. The van der Waals surface area contributed by atoms with Crippen molar-refractivity contribution in [3.63, 3.8) is 0 Å². The lowest BCUT2D eigenvalue weighted by Gasteiger charge is -2.12. The molecule has 1 fully saturated rings. The highest BCUT2D eigenvalue weighted by molar-refractivity contribution is 5.67. The third-order valence-electron chi connectivity index (χ3n) is 3.18. The Balaban J connectivity index is 1.50. The monoisotopic (exact) mass is 263 g/mol. The zero-order valence-corrected chi connectivity index (χ0v) is 11.1. The molecule has 0 aliphatic heterocycles. The molecule has 0 atom stereocenters. The van der Waals surface area contributed by atoms with E-state index in [2.05, 4.69) is 5.32 Å². The lowest BCUT2D eigenvalue weighted by molar-refractivity contribution is 0.101. The molecule has 0 heterocycles. The van der Waals surface area contributed by atoms with Gasteiger partial charge in [-0.1, -0.05) is 18.2 Å². The first-order chi connectivity index (χ1) is 9.34. The van der Waals surface area contributed by atoms with Gasteiger partial charge < -0.3 is 14.8 Å². The van der Waals surface area contributed by atoms with Crippen LogP contribution in [0, 0.1) is 0 Å². The zero-order chi connectivity index (χ0) is 13.3. The van der Waals surface area contributed by atoms with Crippen LogP contribution >= 0.6 is 0 Å². The molecule has 0 bridgehead atoms. The highest BCUT2D eigenvalue weighted by Gasteiger charge is 2.18. The van der Waals surface area contributed by atoms with Crippen molar-refractivity contribution in [1.82, 2.24) is 5.32 Å². The van der Waals surface area contributed by atoms with Gasteiger partial charge in [-0.3, -0.25) is 0 Å². The number of hydrogen-bond donors (Lipinski definition) is 1. The molecule has 1 saturated carbocycles. The van der Waals surface area contributed by atoms with E-state index in [0.29, 0.717) is 13.2 Å². The summed E-state index contributed by atoms with van der Waals surface area (Å²) in [5.74, 6) is 0.857. The van der Waals surface area contributed by atoms with Gasteiger partial charge in [-0.25, -0.2) is 4.79 Å². The molecule has 1 aliphatic carbocycles. The molecule has 2 rings (SSSR count). The summed E-state index contributed by atoms with van der Waals surface area (Å²) < 4.78 is 10.8. The van der Waals surface area contributed by atoms with E-state index >= 15 is 0 Å². The predicted octanol–water partition coefficient (Wildman–Crippen LogP) is 3.12. The van der Waals surface area contributed by atoms with Crippen molar-refractivity contribution < 1.29 is 14.3 Å². The second-order valence-electron chi connectivity index (χ2n) is 4.75. The van der Waals surface area contributed by atoms with Gasteiger partial charge in [0.15, 0.2) is 0 Å². The maximum absolute atomic E-state index is 11.5. The molecule has 1 amide bonds. The molecule has 19 heavy (non-hydrogen) atoms. The number of hydrogen-bond acceptors (Lipinski definition) is 3. The van der Waals surface area contributed by atoms with E-state index in [1.54, 1.807) is 0 Å². The number of carbonyl (C=O) groups excluding carboxylic acids is 1. The average molecular weight is 263 g/mol. The molecule has 0 unspecified atom stereocenters. The topological polar surface area (TPSA) is 47.6 Å². The minimum Gasteiger partial charge on any atom is -0.494 e. The van der Waals surface area contributed by atoms with Crippen molar-refractivity contribution >= 4 is 6.09 Å². The van der Waals surface area contributed by atoms with Gasteiger partial charge in [-0.2, -0.15) is 0 Å². The third kappa shape index (κ3) is 5.20. The molecule has 0 spiro atoms. The highest BCUT2D eigenvalue weighted by atomic mass is 16.6. The van der Waals surface area contributed by atoms with Gasteiger partial charge in [0.1, 0.15) is 11.9 Å². The minimum atomic E-state index is -0.299. The lowest BCUT2D eigenvalue weighted by Crippen LogP contribution is -2.29. The Bertz CT molecular complexity index is 374. The average Bonchev–Trinajstić information content (AvgIpc) is 2.92. The lowest BCUT2D eigenvalue weighted by atomic mass is 10.3. The van der Waals surface area contributed by atoms with Crippen LogP contribution < -0.4 is 10.1 Å². The number of alkyl carbamates (subject to hydrolysis) is 1. The Morgan fingerprint density at radius 1 is 1.21 bits per heavy atom. The van der Waals surface area contributed by atoms with E-state index in [0.717, 1.165) is 25.0 Å². The number of carbonyl (C=O) groups is 1. The summed E-state index contributed by atoms with van der Waals surface area (Å²) in [6.07, 6.45) is 4.95. The van der Waals surface area contributed by atoms with Crippen molar-refractivity contribution in [1.29, 1.82) is 0 Å². The van der Waals surface area contributed by atoms with Crippen LogP contribution in [0.3, 0.4) is 0 Å². The summed E-state index contributed by atoms with van der Waals surface area (Å²) in [6, 6.07) is 9.66. The number of nitrogens with one attached hydrogen (secondary N) is 1. The van der Waals surface area contributed by atoms with Gasteiger partial charge in [0.2, 0.25) is 0 Å². The predicted molar refractivity (Wildman–Crippen MR) is 73.3 cm³/mol. The van der Waals surface area contributed by atoms with Gasteiger partial charge in [0, 0.05) is 6.54 Å². The van der Waals surface area contributed by atoms with Crippen LogP contribution in [0.5, 0.6) is 5.75 Å². The van der Waals surface area contributed by atoms with E-state index in [9.17, 15) is 4.79 Å². The first kappa shape index (κ1) is 13.7. The summed E-state index contributed by atoms with van der Waals surface area (Å²) in [4.78, 5) is 11.5. The molecule has 1 aromatic carbocycles. The SMILES string of the molecule is O=C(NCCCOc1ccccc1)OC1CCCC1. The first-order valence-electron chi connectivity index (χ1n) is 6.97. The smallest absolute Gasteiger partial charge is 0.407 e. The maximum atomic E-state index is 11.5. The Labute approximate surface area is 114 Å². The molecule has 1 aliphatic rings. The Morgan fingerprint density at radius 3 is 2.68 bits per heavy atom. The van der Waals surface area contributed by atoms with Crippen molar-refractivity contribution in [3.8, 4) is 5.75 Å². The molecule has 104 valence electrons. The van der Waals surface area contributed by atoms with Crippen LogP contribution in [0.2, 0.25) is 0 Å².